The second-order valence-corrected chi connectivity index (χ2v) is 4.05. The monoisotopic (exact) mass is 270 g/mol. The molecule has 0 aliphatic carbocycles. The lowest BCUT2D eigenvalue weighted by molar-refractivity contribution is 0.617. The summed E-state index contributed by atoms with van der Waals surface area (Å²) in [7, 11) is 0. The summed E-state index contributed by atoms with van der Waals surface area (Å²) in [6.45, 7) is 3.64. The molecule has 1 heterocycles. The van der Waals surface area contributed by atoms with Gasteiger partial charge in [0.05, 0.1) is 10.2 Å². The minimum absolute atomic E-state index is 0.328. The number of rotatable bonds is 1. The van der Waals surface area contributed by atoms with E-state index in [1.807, 2.05) is 6.92 Å². The van der Waals surface area contributed by atoms with Crippen LogP contribution in [0.1, 0.15) is 11.4 Å². The molecule has 0 atom stereocenters. The van der Waals surface area contributed by atoms with Crippen molar-refractivity contribution in [3.05, 3.63) is 33.8 Å². The van der Waals surface area contributed by atoms with E-state index in [1.54, 1.807) is 13.0 Å². The van der Waals surface area contributed by atoms with Crippen molar-refractivity contribution in [2.24, 2.45) is 0 Å². The van der Waals surface area contributed by atoms with Gasteiger partial charge in [-0.15, -0.1) is 5.10 Å². The molecule has 78 valence electrons. The highest BCUT2D eigenvalue weighted by molar-refractivity contribution is 9.10. The Morgan fingerprint density at radius 1 is 1.33 bits per heavy atom. The largest absolute Gasteiger partial charge is 0.206 e. The van der Waals surface area contributed by atoms with E-state index < -0.39 is 0 Å². The summed E-state index contributed by atoms with van der Waals surface area (Å²) in [5.41, 5.74) is 1.55. The summed E-state index contributed by atoms with van der Waals surface area (Å²) in [5, 5.41) is 11.1. The van der Waals surface area contributed by atoms with E-state index in [1.165, 1.54) is 10.7 Å². The van der Waals surface area contributed by atoms with E-state index in [4.69, 9.17) is 0 Å². The standard InChI is InChI=1S/C9H8BrFN4/c1-5-3-7(10)8(11)4-9(5)15-6(2)12-13-14-15/h3-4H,1-2H3. The summed E-state index contributed by atoms with van der Waals surface area (Å²) in [6, 6.07) is 3.11. The molecule has 1 aromatic heterocycles. The van der Waals surface area contributed by atoms with Crippen LogP contribution in [-0.4, -0.2) is 20.2 Å². The van der Waals surface area contributed by atoms with Crippen LogP contribution in [0.15, 0.2) is 16.6 Å². The molecule has 1 aromatic carbocycles. The topological polar surface area (TPSA) is 43.6 Å². The van der Waals surface area contributed by atoms with Crippen LogP contribution in [0.5, 0.6) is 0 Å². The van der Waals surface area contributed by atoms with Gasteiger partial charge in [-0.1, -0.05) is 0 Å². The molecule has 0 saturated carbocycles. The summed E-state index contributed by atoms with van der Waals surface area (Å²) in [4.78, 5) is 0. The quantitative estimate of drug-likeness (QED) is 0.798. The molecule has 4 nitrogen and oxygen atoms in total. The maximum absolute atomic E-state index is 13.4. The van der Waals surface area contributed by atoms with E-state index in [-0.39, 0.29) is 5.82 Å². The lowest BCUT2D eigenvalue weighted by atomic mass is 10.2. The van der Waals surface area contributed by atoms with Gasteiger partial charge in [-0.3, -0.25) is 0 Å². The number of aromatic nitrogens is 4. The highest BCUT2D eigenvalue weighted by atomic mass is 79.9. The zero-order valence-corrected chi connectivity index (χ0v) is 9.79. The van der Waals surface area contributed by atoms with Gasteiger partial charge in [-0.05, 0) is 51.8 Å². The molecule has 0 amide bonds. The Morgan fingerprint density at radius 3 is 2.67 bits per heavy atom. The molecule has 0 aliphatic heterocycles. The highest BCUT2D eigenvalue weighted by Crippen LogP contribution is 2.22. The number of nitrogens with zero attached hydrogens (tertiary/aromatic N) is 4. The molecule has 0 saturated heterocycles. The zero-order valence-electron chi connectivity index (χ0n) is 8.20. The van der Waals surface area contributed by atoms with Gasteiger partial charge in [-0.2, -0.15) is 4.68 Å². The fourth-order valence-electron chi connectivity index (χ4n) is 1.32. The molecular formula is C9H8BrFN4. The number of tetrazole rings is 1. The Morgan fingerprint density at radius 2 is 2.07 bits per heavy atom. The lowest BCUT2D eigenvalue weighted by Crippen LogP contribution is -2.02. The molecular weight excluding hydrogens is 263 g/mol. The Bertz CT molecular complexity index is 509. The van der Waals surface area contributed by atoms with Crippen LogP contribution < -0.4 is 0 Å². The van der Waals surface area contributed by atoms with Gasteiger partial charge in [-0.25, -0.2) is 4.39 Å². The van der Waals surface area contributed by atoms with Crippen molar-refractivity contribution in [1.29, 1.82) is 0 Å². The zero-order chi connectivity index (χ0) is 11.0. The predicted octanol–water partition coefficient (Wildman–Crippen LogP) is 2.18. The third-order valence-corrected chi connectivity index (χ3v) is 2.70. The van der Waals surface area contributed by atoms with Gasteiger partial charge in [0.25, 0.3) is 0 Å². The van der Waals surface area contributed by atoms with Crippen LogP contribution in [-0.2, 0) is 0 Å². The number of aryl methyl sites for hydroxylation is 2. The van der Waals surface area contributed by atoms with Gasteiger partial charge in [0.1, 0.15) is 5.82 Å². The van der Waals surface area contributed by atoms with E-state index >= 15 is 0 Å². The SMILES string of the molecule is Cc1cc(Br)c(F)cc1-n1nnnc1C. The molecule has 0 aliphatic rings. The Labute approximate surface area is 94.2 Å². The summed E-state index contributed by atoms with van der Waals surface area (Å²) >= 11 is 3.13. The minimum Gasteiger partial charge on any atom is -0.206 e. The number of benzene rings is 1. The molecule has 0 N–H and O–H groups in total. The van der Waals surface area contributed by atoms with Crippen molar-refractivity contribution in [2.75, 3.05) is 0 Å². The van der Waals surface area contributed by atoms with E-state index in [2.05, 4.69) is 31.5 Å². The highest BCUT2D eigenvalue weighted by Gasteiger charge is 2.10. The molecule has 0 fully saturated rings. The fraction of sp³-hybridized carbons (Fsp3) is 0.222. The number of halogens is 2. The minimum atomic E-state index is -0.328. The summed E-state index contributed by atoms with van der Waals surface area (Å²) in [5.74, 6) is 0.297. The normalized spacial score (nSPS) is 10.7. The first kappa shape index (κ1) is 10.2. The van der Waals surface area contributed by atoms with Crippen molar-refractivity contribution >= 4 is 15.9 Å². The fourth-order valence-corrected chi connectivity index (χ4v) is 1.78. The van der Waals surface area contributed by atoms with Crippen LogP contribution in [0.25, 0.3) is 5.69 Å². The number of hydrogen-bond acceptors (Lipinski definition) is 3. The smallest absolute Gasteiger partial charge is 0.153 e. The average molecular weight is 271 g/mol. The Kier molecular flexibility index (Phi) is 2.52. The van der Waals surface area contributed by atoms with Crippen LogP contribution in [0.3, 0.4) is 0 Å². The molecule has 2 rings (SSSR count). The third kappa shape index (κ3) is 1.77. The van der Waals surface area contributed by atoms with Crippen LogP contribution in [0.4, 0.5) is 4.39 Å². The molecule has 0 radical (unpaired) electrons. The van der Waals surface area contributed by atoms with Crippen LogP contribution in [0.2, 0.25) is 0 Å². The predicted molar refractivity (Wildman–Crippen MR) is 56.3 cm³/mol. The second-order valence-electron chi connectivity index (χ2n) is 3.19. The van der Waals surface area contributed by atoms with Crippen molar-refractivity contribution in [3.8, 4) is 5.69 Å². The molecule has 6 heteroatoms. The molecule has 0 bridgehead atoms. The first-order chi connectivity index (χ1) is 7.09. The first-order valence-corrected chi connectivity index (χ1v) is 5.10. The molecule has 2 aromatic rings. The Hall–Kier alpha value is -1.30. The summed E-state index contributed by atoms with van der Waals surface area (Å²) < 4.78 is 15.3. The van der Waals surface area contributed by atoms with Crippen LogP contribution in [0, 0.1) is 19.7 Å². The molecule has 15 heavy (non-hydrogen) atoms. The lowest BCUT2D eigenvalue weighted by Gasteiger charge is -2.07. The van der Waals surface area contributed by atoms with E-state index in [0.717, 1.165) is 5.56 Å². The van der Waals surface area contributed by atoms with Crippen molar-refractivity contribution in [3.63, 3.8) is 0 Å². The second kappa shape index (κ2) is 3.69. The maximum atomic E-state index is 13.4. The first-order valence-electron chi connectivity index (χ1n) is 4.30. The van der Waals surface area contributed by atoms with Gasteiger partial charge in [0.2, 0.25) is 0 Å². The van der Waals surface area contributed by atoms with Gasteiger partial charge >= 0.3 is 0 Å². The number of hydrogen-bond donors (Lipinski definition) is 0. The van der Waals surface area contributed by atoms with Crippen LogP contribution >= 0.6 is 15.9 Å². The molecule has 0 unspecified atom stereocenters. The van der Waals surface area contributed by atoms with Crippen molar-refractivity contribution < 1.29 is 4.39 Å². The van der Waals surface area contributed by atoms with Gasteiger partial charge in [0.15, 0.2) is 5.82 Å². The van der Waals surface area contributed by atoms with E-state index in [9.17, 15) is 4.39 Å². The average Bonchev–Trinajstić information content (AvgIpc) is 2.58. The van der Waals surface area contributed by atoms with Crippen molar-refractivity contribution in [1.82, 2.24) is 20.2 Å². The van der Waals surface area contributed by atoms with Gasteiger partial charge < -0.3 is 0 Å². The van der Waals surface area contributed by atoms with Gasteiger partial charge in [0, 0.05) is 6.07 Å². The van der Waals surface area contributed by atoms with E-state index in [0.29, 0.717) is 16.0 Å². The maximum Gasteiger partial charge on any atom is 0.153 e. The third-order valence-electron chi connectivity index (χ3n) is 2.09. The van der Waals surface area contributed by atoms with Crippen molar-refractivity contribution in [2.45, 2.75) is 13.8 Å². The Balaban J connectivity index is 2.64. The molecule has 0 spiro atoms. The summed E-state index contributed by atoms with van der Waals surface area (Å²) in [6.07, 6.45) is 0.